The van der Waals surface area contributed by atoms with Gasteiger partial charge in [-0.05, 0) is 38.9 Å². The number of nitrogens with one attached hydrogen (secondary N) is 1. The Morgan fingerprint density at radius 1 is 1.19 bits per heavy atom. The number of benzene rings is 1. The molecule has 4 nitrogen and oxygen atoms in total. The summed E-state index contributed by atoms with van der Waals surface area (Å²) in [4.78, 5) is 2.36. The van der Waals surface area contributed by atoms with Gasteiger partial charge in [0.2, 0.25) is 0 Å². The third kappa shape index (κ3) is 3.33. The Morgan fingerprint density at radius 3 is 2.67 bits per heavy atom. The predicted octanol–water partition coefficient (Wildman–Crippen LogP) is 2.25. The molecule has 1 atom stereocenters. The van der Waals surface area contributed by atoms with Crippen LogP contribution in [0, 0.1) is 0 Å². The van der Waals surface area contributed by atoms with Crippen LogP contribution in [-0.4, -0.2) is 51.3 Å². The maximum atomic E-state index is 6.39. The van der Waals surface area contributed by atoms with E-state index in [9.17, 15) is 0 Å². The zero-order valence-corrected chi connectivity index (χ0v) is 13.1. The molecule has 1 unspecified atom stereocenters. The minimum Gasteiger partial charge on any atom is -0.493 e. The Hall–Kier alpha value is -1.26. The number of likely N-dealkylation sites (tertiary alicyclic amines) is 1. The van der Waals surface area contributed by atoms with Crippen LogP contribution < -0.4 is 14.8 Å². The fourth-order valence-corrected chi connectivity index (χ4v) is 3.33. The first-order valence-corrected chi connectivity index (χ1v) is 8.00. The highest BCUT2D eigenvalue weighted by atomic mass is 16.5. The van der Waals surface area contributed by atoms with Crippen LogP contribution in [0.3, 0.4) is 0 Å². The van der Waals surface area contributed by atoms with Gasteiger partial charge in [0.25, 0.3) is 0 Å². The molecule has 0 spiro atoms. The molecule has 3 rings (SSSR count). The van der Waals surface area contributed by atoms with Crippen molar-refractivity contribution in [2.24, 2.45) is 0 Å². The zero-order valence-electron chi connectivity index (χ0n) is 13.1. The van der Waals surface area contributed by atoms with Crippen molar-refractivity contribution in [1.82, 2.24) is 10.2 Å². The molecule has 0 saturated carbocycles. The molecule has 2 aliphatic rings. The fourth-order valence-electron chi connectivity index (χ4n) is 3.33. The number of ether oxygens (including phenoxy) is 2. The number of nitrogens with zero attached hydrogens (tertiary/aromatic N) is 1. The standard InChI is InChI=1S/C17H26N2O2/c1-19-10-7-14(8-11-19)21-17-15(13-6-9-18-12-13)4-3-5-16(17)20-2/h3-5,13-14,18H,6-12H2,1-2H3. The maximum absolute atomic E-state index is 6.39. The van der Waals surface area contributed by atoms with Gasteiger partial charge in [-0.25, -0.2) is 0 Å². The van der Waals surface area contributed by atoms with Crippen LogP contribution in [0.1, 0.15) is 30.7 Å². The third-order valence-electron chi connectivity index (χ3n) is 4.68. The lowest BCUT2D eigenvalue weighted by Gasteiger charge is -2.31. The summed E-state index contributed by atoms with van der Waals surface area (Å²) in [5, 5.41) is 3.44. The fraction of sp³-hybridized carbons (Fsp3) is 0.647. The molecule has 0 amide bonds. The van der Waals surface area contributed by atoms with E-state index in [0.717, 1.165) is 50.5 Å². The van der Waals surface area contributed by atoms with Gasteiger partial charge in [-0.15, -0.1) is 0 Å². The van der Waals surface area contributed by atoms with Crippen LogP contribution in [0.5, 0.6) is 11.5 Å². The molecule has 2 heterocycles. The molecule has 1 aromatic carbocycles. The number of methoxy groups -OCH3 is 1. The molecule has 1 N–H and O–H groups in total. The minimum absolute atomic E-state index is 0.311. The molecule has 0 aromatic heterocycles. The van der Waals surface area contributed by atoms with Crippen molar-refractivity contribution < 1.29 is 9.47 Å². The van der Waals surface area contributed by atoms with E-state index in [4.69, 9.17) is 9.47 Å². The molecule has 0 aliphatic carbocycles. The van der Waals surface area contributed by atoms with Gasteiger partial charge in [-0.3, -0.25) is 0 Å². The van der Waals surface area contributed by atoms with Crippen molar-refractivity contribution in [2.45, 2.75) is 31.3 Å². The summed E-state index contributed by atoms with van der Waals surface area (Å²) in [6, 6.07) is 6.29. The summed E-state index contributed by atoms with van der Waals surface area (Å²) in [7, 11) is 3.91. The molecule has 2 aliphatic heterocycles. The number of piperidine rings is 1. The first-order valence-electron chi connectivity index (χ1n) is 8.00. The Kier molecular flexibility index (Phi) is 4.66. The number of para-hydroxylation sites is 1. The average molecular weight is 290 g/mol. The van der Waals surface area contributed by atoms with Crippen LogP contribution in [0.25, 0.3) is 0 Å². The highest BCUT2D eigenvalue weighted by molar-refractivity contribution is 5.49. The van der Waals surface area contributed by atoms with Gasteiger partial charge >= 0.3 is 0 Å². The molecule has 2 saturated heterocycles. The van der Waals surface area contributed by atoms with Crippen LogP contribution in [-0.2, 0) is 0 Å². The van der Waals surface area contributed by atoms with E-state index in [2.05, 4.69) is 29.4 Å². The quantitative estimate of drug-likeness (QED) is 0.922. The first-order chi connectivity index (χ1) is 10.3. The van der Waals surface area contributed by atoms with Gasteiger partial charge in [0.1, 0.15) is 6.10 Å². The van der Waals surface area contributed by atoms with Gasteiger partial charge in [0, 0.05) is 31.1 Å². The summed E-state index contributed by atoms with van der Waals surface area (Å²) in [6.07, 6.45) is 3.68. The second-order valence-electron chi connectivity index (χ2n) is 6.19. The number of hydrogen-bond donors (Lipinski definition) is 1. The summed E-state index contributed by atoms with van der Waals surface area (Å²) in [5.41, 5.74) is 1.30. The van der Waals surface area contributed by atoms with Crippen molar-refractivity contribution in [1.29, 1.82) is 0 Å². The molecule has 0 bridgehead atoms. The van der Waals surface area contributed by atoms with Crippen LogP contribution in [0.15, 0.2) is 18.2 Å². The topological polar surface area (TPSA) is 33.7 Å². The number of hydrogen-bond acceptors (Lipinski definition) is 4. The number of rotatable bonds is 4. The highest BCUT2D eigenvalue weighted by Gasteiger charge is 2.25. The van der Waals surface area contributed by atoms with E-state index in [-0.39, 0.29) is 0 Å². The molecule has 1 aromatic rings. The van der Waals surface area contributed by atoms with Gasteiger partial charge in [0.05, 0.1) is 7.11 Å². The van der Waals surface area contributed by atoms with E-state index in [1.54, 1.807) is 7.11 Å². The SMILES string of the molecule is COc1cccc(C2CCNC2)c1OC1CCN(C)CC1. The summed E-state index contributed by atoms with van der Waals surface area (Å²) in [6.45, 7) is 4.35. The summed E-state index contributed by atoms with van der Waals surface area (Å²) in [5.74, 6) is 2.39. The van der Waals surface area contributed by atoms with Gasteiger partial charge in [-0.2, -0.15) is 0 Å². The Morgan fingerprint density at radius 2 is 2.00 bits per heavy atom. The van der Waals surface area contributed by atoms with Crippen LogP contribution in [0.4, 0.5) is 0 Å². The molecule has 21 heavy (non-hydrogen) atoms. The van der Waals surface area contributed by atoms with E-state index in [0.29, 0.717) is 12.0 Å². The smallest absolute Gasteiger partial charge is 0.165 e. The Labute approximate surface area is 127 Å². The lowest BCUT2D eigenvalue weighted by Crippen LogP contribution is -2.35. The first kappa shape index (κ1) is 14.7. The van der Waals surface area contributed by atoms with Gasteiger partial charge in [-0.1, -0.05) is 12.1 Å². The molecular weight excluding hydrogens is 264 g/mol. The van der Waals surface area contributed by atoms with Crippen molar-refractivity contribution in [3.8, 4) is 11.5 Å². The van der Waals surface area contributed by atoms with E-state index in [1.807, 2.05) is 6.07 Å². The van der Waals surface area contributed by atoms with Crippen LogP contribution in [0.2, 0.25) is 0 Å². The Balaban J connectivity index is 1.81. The maximum Gasteiger partial charge on any atom is 0.165 e. The lowest BCUT2D eigenvalue weighted by molar-refractivity contribution is 0.110. The summed E-state index contributed by atoms with van der Waals surface area (Å²) >= 11 is 0. The normalized spacial score (nSPS) is 24.2. The molecular formula is C17H26N2O2. The van der Waals surface area contributed by atoms with Crippen LogP contribution >= 0.6 is 0 Å². The minimum atomic E-state index is 0.311. The largest absolute Gasteiger partial charge is 0.493 e. The zero-order chi connectivity index (χ0) is 14.7. The average Bonchev–Trinajstić information content (AvgIpc) is 3.04. The van der Waals surface area contributed by atoms with Crippen molar-refractivity contribution >= 4 is 0 Å². The molecule has 4 heteroatoms. The van der Waals surface area contributed by atoms with E-state index >= 15 is 0 Å². The second kappa shape index (κ2) is 6.67. The van der Waals surface area contributed by atoms with Gasteiger partial charge < -0.3 is 19.7 Å². The molecule has 2 fully saturated rings. The predicted molar refractivity (Wildman–Crippen MR) is 84.4 cm³/mol. The molecule has 0 radical (unpaired) electrons. The van der Waals surface area contributed by atoms with Crippen molar-refractivity contribution in [3.05, 3.63) is 23.8 Å². The Bertz CT molecular complexity index is 464. The molecule has 116 valence electrons. The monoisotopic (exact) mass is 290 g/mol. The second-order valence-corrected chi connectivity index (χ2v) is 6.19. The summed E-state index contributed by atoms with van der Waals surface area (Å²) < 4.78 is 11.9. The lowest BCUT2D eigenvalue weighted by atomic mass is 9.96. The third-order valence-corrected chi connectivity index (χ3v) is 4.68. The van der Waals surface area contributed by atoms with Gasteiger partial charge in [0.15, 0.2) is 11.5 Å². The van der Waals surface area contributed by atoms with Crippen molar-refractivity contribution in [2.75, 3.05) is 40.3 Å². The highest BCUT2D eigenvalue weighted by Crippen LogP contribution is 2.39. The van der Waals surface area contributed by atoms with E-state index < -0.39 is 0 Å². The van der Waals surface area contributed by atoms with Crippen molar-refractivity contribution in [3.63, 3.8) is 0 Å². The van der Waals surface area contributed by atoms with E-state index in [1.165, 1.54) is 12.0 Å².